The van der Waals surface area contributed by atoms with Crippen molar-refractivity contribution in [2.45, 2.75) is 24.9 Å². The van der Waals surface area contributed by atoms with E-state index in [0.29, 0.717) is 23.0 Å². The van der Waals surface area contributed by atoms with Gasteiger partial charge in [-0.3, -0.25) is 9.89 Å². The summed E-state index contributed by atoms with van der Waals surface area (Å²) in [4.78, 5) is 10.6. The van der Waals surface area contributed by atoms with Crippen LogP contribution in [0.5, 0.6) is 0 Å². The molecule has 0 fully saturated rings. The molecule has 0 aromatic carbocycles. The lowest BCUT2D eigenvalue weighted by atomic mass is 9.94. The van der Waals surface area contributed by atoms with Crippen LogP contribution in [0.2, 0.25) is 0 Å². The number of hydrogen-bond acceptors (Lipinski definition) is 3. The zero-order chi connectivity index (χ0) is 10.3. The first-order valence-corrected chi connectivity index (χ1v) is 4.99. The summed E-state index contributed by atoms with van der Waals surface area (Å²) < 4.78 is 0.508. The summed E-state index contributed by atoms with van der Waals surface area (Å²) in [5, 5.41) is 25.4. The number of aryl methyl sites for hydroxylation is 1. The average Bonchev–Trinajstić information content (AvgIpc) is 2.55. The van der Waals surface area contributed by atoms with Crippen molar-refractivity contribution in [2.24, 2.45) is 0 Å². The van der Waals surface area contributed by atoms with E-state index in [1.54, 1.807) is 0 Å². The molecular weight excluding hydrogens is 252 g/mol. The number of hydrogen-bond donors (Lipinski definition) is 3. The van der Waals surface area contributed by atoms with Gasteiger partial charge in [0.1, 0.15) is 10.2 Å². The minimum atomic E-state index is -1.27. The van der Waals surface area contributed by atoms with E-state index in [0.717, 1.165) is 5.69 Å². The third-order valence-corrected chi connectivity index (χ3v) is 3.07. The van der Waals surface area contributed by atoms with Gasteiger partial charge in [0.2, 0.25) is 0 Å². The number of aliphatic carboxylic acids is 1. The lowest BCUT2D eigenvalue weighted by Gasteiger charge is -2.20. The molecular formula is C8H9BrN2O3. The van der Waals surface area contributed by atoms with Gasteiger partial charge in [-0.25, -0.2) is 0 Å². The number of aliphatic hydroxyl groups is 1. The van der Waals surface area contributed by atoms with E-state index >= 15 is 0 Å². The number of carboxylic acids is 1. The first kappa shape index (κ1) is 9.67. The highest BCUT2D eigenvalue weighted by Gasteiger charge is 2.42. The maximum Gasteiger partial charge on any atom is 0.306 e. The van der Waals surface area contributed by atoms with E-state index in [2.05, 4.69) is 26.1 Å². The van der Waals surface area contributed by atoms with Crippen molar-refractivity contribution in [3.63, 3.8) is 0 Å². The second kappa shape index (κ2) is 3.06. The van der Waals surface area contributed by atoms with Gasteiger partial charge < -0.3 is 10.2 Å². The van der Waals surface area contributed by atoms with Crippen LogP contribution in [0, 0.1) is 0 Å². The van der Waals surface area contributed by atoms with Crippen molar-refractivity contribution >= 4 is 21.9 Å². The van der Waals surface area contributed by atoms with Gasteiger partial charge in [-0.05, 0) is 28.8 Å². The Morgan fingerprint density at radius 3 is 3.07 bits per heavy atom. The summed E-state index contributed by atoms with van der Waals surface area (Å²) in [6.07, 6.45) is 0.789. The smallest absolute Gasteiger partial charge is 0.306 e. The van der Waals surface area contributed by atoms with Crippen LogP contribution in [0.4, 0.5) is 0 Å². The molecule has 1 aromatic heterocycles. The first-order valence-electron chi connectivity index (χ1n) is 4.20. The zero-order valence-corrected chi connectivity index (χ0v) is 8.84. The number of halogens is 1. The molecule has 2 rings (SSSR count). The van der Waals surface area contributed by atoms with Crippen molar-refractivity contribution in [3.05, 3.63) is 15.9 Å². The summed E-state index contributed by atoms with van der Waals surface area (Å²) in [6, 6.07) is 0. The number of carboxylic acid groups (broad SMARTS) is 1. The SMILES string of the molecule is O=C(O)CC1(O)CCc2[nH]nc(Br)c21. The number of rotatable bonds is 2. The number of H-pyrrole nitrogens is 1. The highest BCUT2D eigenvalue weighted by molar-refractivity contribution is 9.10. The molecule has 0 saturated heterocycles. The number of fused-ring (bicyclic) bond motifs is 1. The molecule has 1 heterocycles. The van der Waals surface area contributed by atoms with Crippen LogP contribution in [-0.4, -0.2) is 26.4 Å². The van der Waals surface area contributed by atoms with Crippen molar-refractivity contribution in [3.8, 4) is 0 Å². The molecule has 0 aliphatic heterocycles. The number of aromatic amines is 1. The van der Waals surface area contributed by atoms with Crippen LogP contribution in [0.3, 0.4) is 0 Å². The van der Waals surface area contributed by atoms with Crippen LogP contribution < -0.4 is 0 Å². The third-order valence-electron chi connectivity index (χ3n) is 2.49. The number of nitrogens with zero attached hydrogens (tertiary/aromatic N) is 1. The molecule has 1 atom stereocenters. The van der Waals surface area contributed by atoms with Gasteiger partial charge in [-0.2, -0.15) is 5.10 Å². The van der Waals surface area contributed by atoms with Crippen LogP contribution >= 0.6 is 15.9 Å². The zero-order valence-electron chi connectivity index (χ0n) is 7.25. The second-order valence-electron chi connectivity index (χ2n) is 3.47. The third kappa shape index (κ3) is 1.34. The monoisotopic (exact) mass is 260 g/mol. The summed E-state index contributed by atoms with van der Waals surface area (Å²) in [7, 11) is 0. The number of nitrogens with one attached hydrogen (secondary N) is 1. The average molecular weight is 261 g/mol. The van der Waals surface area contributed by atoms with E-state index in [-0.39, 0.29) is 6.42 Å². The van der Waals surface area contributed by atoms with E-state index < -0.39 is 11.6 Å². The standard InChI is InChI=1S/C8H9BrN2O3/c9-7-6-4(10-11-7)1-2-8(6,14)3-5(12)13/h14H,1-3H2,(H,10,11)(H,12,13). The van der Waals surface area contributed by atoms with Gasteiger partial charge >= 0.3 is 5.97 Å². The summed E-state index contributed by atoms with van der Waals surface area (Å²) in [5.74, 6) is -1.01. The fourth-order valence-corrected chi connectivity index (χ4v) is 2.59. The molecule has 0 spiro atoms. The fourth-order valence-electron chi connectivity index (χ4n) is 1.89. The van der Waals surface area contributed by atoms with E-state index in [1.807, 2.05) is 0 Å². The normalized spacial score (nSPS) is 25.0. The highest BCUT2D eigenvalue weighted by Crippen LogP contribution is 2.42. The molecule has 3 N–H and O–H groups in total. The summed E-state index contributed by atoms with van der Waals surface area (Å²) >= 11 is 3.19. The van der Waals surface area contributed by atoms with Gasteiger partial charge in [0.25, 0.3) is 0 Å². The van der Waals surface area contributed by atoms with Crippen molar-refractivity contribution < 1.29 is 15.0 Å². The molecule has 1 aliphatic rings. The molecule has 1 unspecified atom stereocenters. The van der Waals surface area contributed by atoms with Crippen LogP contribution in [-0.2, 0) is 16.8 Å². The minimum absolute atomic E-state index is 0.280. The Morgan fingerprint density at radius 1 is 1.71 bits per heavy atom. The quantitative estimate of drug-likeness (QED) is 0.734. The van der Waals surface area contributed by atoms with Gasteiger partial charge in [0.05, 0.1) is 6.42 Å². The van der Waals surface area contributed by atoms with Gasteiger partial charge in [0, 0.05) is 11.3 Å². The van der Waals surface area contributed by atoms with E-state index in [9.17, 15) is 9.90 Å². The molecule has 14 heavy (non-hydrogen) atoms. The maximum absolute atomic E-state index is 10.6. The lowest BCUT2D eigenvalue weighted by molar-refractivity contribution is -0.142. The van der Waals surface area contributed by atoms with E-state index in [4.69, 9.17) is 5.11 Å². The first-order chi connectivity index (χ1) is 6.53. The molecule has 1 aliphatic carbocycles. The molecule has 5 nitrogen and oxygen atoms in total. The molecule has 1 aromatic rings. The van der Waals surface area contributed by atoms with Crippen molar-refractivity contribution in [2.75, 3.05) is 0 Å². The van der Waals surface area contributed by atoms with Gasteiger partial charge in [0.15, 0.2) is 0 Å². The largest absolute Gasteiger partial charge is 0.481 e. The second-order valence-corrected chi connectivity index (χ2v) is 4.22. The predicted molar refractivity (Wildman–Crippen MR) is 50.8 cm³/mol. The van der Waals surface area contributed by atoms with Gasteiger partial charge in [-0.1, -0.05) is 0 Å². The summed E-state index contributed by atoms with van der Waals surface area (Å²) in [6.45, 7) is 0. The molecule has 0 saturated carbocycles. The minimum Gasteiger partial charge on any atom is -0.481 e. The Bertz CT molecular complexity index is 390. The maximum atomic E-state index is 10.6. The van der Waals surface area contributed by atoms with Crippen molar-refractivity contribution in [1.29, 1.82) is 0 Å². The Balaban J connectivity index is 2.40. The van der Waals surface area contributed by atoms with Crippen LogP contribution in [0.15, 0.2) is 4.60 Å². The highest BCUT2D eigenvalue weighted by atomic mass is 79.9. The lowest BCUT2D eigenvalue weighted by Crippen LogP contribution is -2.26. The molecule has 0 bridgehead atoms. The number of aromatic nitrogens is 2. The molecule has 76 valence electrons. The Kier molecular flexibility index (Phi) is 2.11. The Hall–Kier alpha value is -0.880. The number of carbonyl (C=O) groups is 1. The van der Waals surface area contributed by atoms with Crippen LogP contribution in [0.1, 0.15) is 24.1 Å². The predicted octanol–water partition coefficient (Wildman–Crippen LogP) is 0.781. The van der Waals surface area contributed by atoms with Crippen LogP contribution in [0.25, 0.3) is 0 Å². The van der Waals surface area contributed by atoms with E-state index in [1.165, 1.54) is 0 Å². The van der Waals surface area contributed by atoms with Gasteiger partial charge in [-0.15, -0.1) is 0 Å². The summed E-state index contributed by atoms with van der Waals surface area (Å²) in [5.41, 5.74) is 0.146. The fraction of sp³-hybridized carbons (Fsp3) is 0.500. The molecule has 0 radical (unpaired) electrons. The van der Waals surface area contributed by atoms with Crippen molar-refractivity contribution in [1.82, 2.24) is 10.2 Å². The molecule has 6 heteroatoms. The Labute approximate surface area is 88.3 Å². The Morgan fingerprint density at radius 2 is 2.43 bits per heavy atom. The molecule has 0 amide bonds. The topological polar surface area (TPSA) is 86.2 Å².